The lowest BCUT2D eigenvalue weighted by Crippen LogP contribution is -2.37. The van der Waals surface area contributed by atoms with Crippen molar-refractivity contribution in [3.63, 3.8) is 0 Å². The molecule has 176 valence electrons. The molecule has 1 heteroatoms. The predicted molar refractivity (Wildman–Crippen MR) is 132 cm³/mol. The van der Waals surface area contributed by atoms with Crippen LogP contribution in [0.15, 0.2) is 0 Å². The number of hydrogen-bond donors (Lipinski definition) is 1. The van der Waals surface area contributed by atoms with E-state index in [0.29, 0.717) is 16.9 Å². The maximum absolute atomic E-state index is 6.36. The molecule has 3 aliphatic carbocycles. The summed E-state index contributed by atoms with van der Waals surface area (Å²) in [6.45, 7) is 15.3. The van der Waals surface area contributed by atoms with Gasteiger partial charge in [-0.3, -0.25) is 0 Å². The summed E-state index contributed by atoms with van der Waals surface area (Å²) in [4.78, 5) is 0. The second-order valence-electron chi connectivity index (χ2n) is 13.1. The van der Waals surface area contributed by atoms with Gasteiger partial charge in [0.1, 0.15) is 0 Å². The molecule has 2 N–H and O–H groups in total. The summed E-state index contributed by atoms with van der Waals surface area (Å²) in [7, 11) is 0. The molecule has 30 heavy (non-hydrogen) atoms. The average Bonchev–Trinajstić information content (AvgIpc) is 2.90. The van der Waals surface area contributed by atoms with Crippen molar-refractivity contribution in [1.29, 1.82) is 0 Å². The molecule has 7 atom stereocenters. The van der Waals surface area contributed by atoms with Crippen LogP contribution in [0.1, 0.15) is 131 Å². The number of nitrogens with two attached hydrogens (primary N) is 1. The molecule has 0 spiro atoms. The average molecular weight is 418 g/mol. The Morgan fingerprint density at radius 2 is 1.63 bits per heavy atom. The summed E-state index contributed by atoms with van der Waals surface area (Å²) in [6, 6.07) is 0.469. The minimum atomic E-state index is 0.469. The fourth-order valence-corrected chi connectivity index (χ4v) is 8.81. The van der Waals surface area contributed by atoms with Gasteiger partial charge >= 0.3 is 0 Å². The van der Waals surface area contributed by atoms with E-state index in [0.717, 1.165) is 35.5 Å². The van der Waals surface area contributed by atoms with E-state index in [9.17, 15) is 0 Å². The number of hydrogen-bond acceptors (Lipinski definition) is 1. The van der Waals surface area contributed by atoms with Crippen molar-refractivity contribution in [2.75, 3.05) is 0 Å². The molecule has 0 saturated heterocycles. The van der Waals surface area contributed by atoms with Crippen molar-refractivity contribution in [2.45, 2.75) is 137 Å². The maximum Gasteiger partial charge on any atom is 0.00418 e. The molecule has 0 aromatic heterocycles. The van der Waals surface area contributed by atoms with Gasteiger partial charge in [-0.15, -0.1) is 0 Å². The van der Waals surface area contributed by atoms with Crippen LogP contribution >= 0.6 is 0 Å². The van der Waals surface area contributed by atoms with E-state index in [2.05, 4.69) is 41.5 Å². The van der Waals surface area contributed by atoms with Crippen LogP contribution in [0, 0.1) is 46.3 Å². The van der Waals surface area contributed by atoms with Crippen molar-refractivity contribution < 1.29 is 0 Å². The zero-order valence-corrected chi connectivity index (χ0v) is 21.5. The van der Waals surface area contributed by atoms with Crippen molar-refractivity contribution in [3.8, 4) is 0 Å². The second kappa shape index (κ2) is 10.3. The van der Waals surface area contributed by atoms with Crippen LogP contribution in [0.4, 0.5) is 0 Å². The van der Waals surface area contributed by atoms with E-state index >= 15 is 0 Å². The lowest BCUT2D eigenvalue weighted by molar-refractivity contribution is 0.0788. The molecule has 7 unspecified atom stereocenters. The summed E-state index contributed by atoms with van der Waals surface area (Å²) < 4.78 is 0. The first kappa shape index (κ1) is 24.6. The first-order valence-electron chi connectivity index (χ1n) is 13.9. The van der Waals surface area contributed by atoms with Crippen LogP contribution in [-0.4, -0.2) is 6.04 Å². The van der Waals surface area contributed by atoms with E-state index in [1.54, 1.807) is 0 Å². The Kier molecular flexibility index (Phi) is 8.42. The van der Waals surface area contributed by atoms with Crippen LogP contribution in [0.5, 0.6) is 0 Å². The zero-order valence-electron chi connectivity index (χ0n) is 21.5. The van der Waals surface area contributed by atoms with Crippen LogP contribution in [0.3, 0.4) is 0 Å². The molecule has 3 fully saturated rings. The van der Waals surface area contributed by atoms with Gasteiger partial charge in [-0.25, -0.2) is 0 Å². The molecular formula is C29H55N. The van der Waals surface area contributed by atoms with Gasteiger partial charge in [0.25, 0.3) is 0 Å². The first-order chi connectivity index (χ1) is 14.2. The fraction of sp³-hybridized carbons (Fsp3) is 1.00. The molecular weight excluding hydrogens is 362 g/mol. The third-order valence-electron chi connectivity index (χ3n) is 10.7. The summed E-state index contributed by atoms with van der Waals surface area (Å²) in [5.74, 6) is 5.63. The van der Waals surface area contributed by atoms with Crippen LogP contribution in [-0.2, 0) is 0 Å². The highest BCUT2D eigenvalue weighted by molar-refractivity contribution is 5.03. The Morgan fingerprint density at radius 3 is 2.37 bits per heavy atom. The summed E-state index contributed by atoms with van der Waals surface area (Å²) in [6.07, 6.45) is 20.0. The third kappa shape index (κ3) is 5.29. The summed E-state index contributed by atoms with van der Waals surface area (Å²) in [5, 5.41) is 0. The van der Waals surface area contributed by atoms with Crippen LogP contribution < -0.4 is 5.73 Å². The number of unbranched alkanes of at least 4 members (excludes halogenated alkanes) is 3. The number of rotatable bonds is 9. The molecule has 0 bridgehead atoms. The van der Waals surface area contributed by atoms with Gasteiger partial charge in [-0.2, -0.15) is 0 Å². The maximum atomic E-state index is 6.36. The largest absolute Gasteiger partial charge is 0.328 e. The van der Waals surface area contributed by atoms with Crippen molar-refractivity contribution in [1.82, 2.24) is 0 Å². The highest BCUT2D eigenvalue weighted by Gasteiger charge is 2.53. The van der Waals surface area contributed by atoms with E-state index in [-0.39, 0.29) is 0 Å². The van der Waals surface area contributed by atoms with Gasteiger partial charge in [-0.1, -0.05) is 92.9 Å². The molecule has 1 nitrogen and oxygen atoms in total. The quantitative estimate of drug-likeness (QED) is 0.373. The molecule has 3 aliphatic rings. The van der Waals surface area contributed by atoms with E-state index in [1.807, 2.05) is 0 Å². The van der Waals surface area contributed by atoms with Gasteiger partial charge in [0.2, 0.25) is 0 Å². The Balaban J connectivity index is 1.40. The van der Waals surface area contributed by atoms with Crippen LogP contribution in [0.2, 0.25) is 0 Å². The highest BCUT2D eigenvalue weighted by atomic mass is 14.7. The van der Waals surface area contributed by atoms with Gasteiger partial charge in [-0.05, 0) is 84.9 Å². The summed E-state index contributed by atoms with van der Waals surface area (Å²) in [5.41, 5.74) is 7.42. The Bertz CT molecular complexity index is 520. The zero-order chi connectivity index (χ0) is 21.9. The standard InChI is InChI=1S/C29H55N/c1-7-22-14-11-12-16-26(22)28(3,4)19-13-9-8-10-15-25-21(2)24-18-17-23(30)20-27(24)29(25,5)6/h21-27H,7-20,30H2,1-6H3. The van der Waals surface area contributed by atoms with Crippen LogP contribution in [0.25, 0.3) is 0 Å². The predicted octanol–water partition coefficient (Wildman–Crippen LogP) is 8.61. The highest BCUT2D eigenvalue weighted by Crippen LogP contribution is 2.60. The lowest BCUT2D eigenvalue weighted by atomic mass is 9.63. The third-order valence-corrected chi connectivity index (χ3v) is 10.7. The van der Waals surface area contributed by atoms with E-state index in [4.69, 9.17) is 5.73 Å². The van der Waals surface area contributed by atoms with Crippen molar-refractivity contribution in [3.05, 3.63) is 0 Å². The van der Waals surface area contributed by atoms with E-state index < -0.39 is 0 Å². The first-order valence-corrected chi connectivity index (χ1v) is 13.9. The molecule has 0 aromatic carbocycles. The molecule has 3 rings (SSSR count). The van der Waals surface area contributed by atoms with E-state index in [1.165, 1.54) is 89.9 Å². The normalized spacial score (nSPS) is 39.1. The second-order valence-corrected chi connectivity index (χ2v) is 13.1. The SMILES string of the molecule is CCC1CCCCC1C(C)(C)CCCCCCC1C(C)C2CCC(N)CC2C1(C)C. The molecule has 3 saturated carbocycles. The molecule has 0 aliphatic heterocycles. The van der Waals surface area contributed by atoms with Crippen molar-refractivity contribution in [2.24, 2.45) is 52.1 Å². The Hall–Kier alpha value is -0.0400. The minimum Gasteiger partial charge on any atom is -0.328 e. The summed E-state index contributed by atoms with van der Waals surface area (Å²) >= 11 is 0. The molecule has 0 radical (unpaired) electrons. The lowest BCUT2D eigenvalue weighted by Gasteiger charge is -2.42. The molecule has 0 aromatic rings. The Labute approximate surface area is 189 Å². The monoisotopic (exact) mass is 417 g/mol. The van der Waals surface area contributed by atoms with Gasteiger partial charge < -0.3 is 5.73 Å². The number of fused-ring (bicyclic) bond motifs is 1. The van der Waals surface area contributed by atoms with Gasteiger partial charge in [0.05, 0.1) is 0 Å². The molecule has 0 amide bonds. The van der Waals surface area contributed by atoms with Crippen molar-refractivity contribution >= 4 is 0 Å². The Morgan fingerprint density at radius 1 is 0.933 bits per heavy atom. The van der Waals surface area contributed by atoms with Gasteiger partial charge in [0, 0.05) is 6.04 Å². The topological polar surface area (TPSA) is 26.0 Å². The fourth-order valence-electron chi connectivity index (χ4n) is 8.81. The molecule has 0 heterocycles. The smallest absolute Gasteiger partial charge is 0.00418 e. The minimum absolute atomic E-state index is 0.469. The van der Waals surface area contributed by atoms with Gasteiger partial charge in [0.15, 0.2) is 0 Å².